The monoisotopic (exact) mass is 367 g/mol. The van der Waals surface area contributed by atoms with Gasteiger partial charge in [0.05, 0.1) is 0 Å². The van der Waals surface area contributed by atoms with E-state index in [2.05, 4.69) is 15.2 Å². The number of amides is 2. The standard InChI is InChI=1S/C18H21N7O2/c19-16(26)11-24-9-7-20-18(24)13-4-3-8-23(10-13)17(27)12-25-21-14-5-1-2-6-15(14)22-25/h1-2,5-7,9,13H,3-4,8,10-12H2,(H2,19,26). The van der Waals surface area contributed by atoms with Gasteiger partial charge in [-0.1, -0.05) is 12.1 Å². The smallest absolute Gasteiger partial charge is 0.246 e. The Morgan fingerprint density at radius 3 is 2.59 bits per heavy atom. The van der Waals surface area contributed by atoms with Gasteiger partial charge in [0.15, 0.2) is 0 Å². The summed E-state index contributed by atoms with van der Waals surface area (Å²) in [6.45, 7) is 1.47. The van der Waals surface area contributed by atoms with Crippen molar-refractivity contribution < 1.29 is 9.59 Å². The summed E-state index contributed by atoms with van der Waals surface area (Å²) in [6, 6.07) is 7.54. The van der Waals surface area contributed by atoms with E-state index in [1.54, 1.807) is 17.0 Å². The van der Waals surface area contributed by atoms with Gasteiger partial charge in [0.1, 0.15) is 29.9 Å². The van der Waals surface area contributed by atoms with E-state index in [1.807, 2.05) is 29.2 Å². The minimum atomic E-state index is -0.408. The SMILES string of the molecule is NC(=O)Cn1ccnc1C1CCCN(C(=O)Cn2nc3ccccc3n2)C1. The Kier molecular flexibility index (Phi) is 4.57. The highest BCUT2D eigenvalue weighted by molar-refractivity contribution is 5.77. The lowest BCUT2D eigenvalue weighted by Crippen LogP contribution is -2.41. The number of fused-ring (bicyclic) bond motifs is 1. The van der Waals surface area contributed by atoms with E-state index < -0.39 is 5.91 Å². The molecule has 140 valence electrons. The lowest BCUT2D eigenvalue weighted by Gasteiger charge is -2.32. The fourth-order valence-electron chi connectivity index (χ4n) is 3.59. The minimum Gasteiger partial charge on any atom is -0.368 e. The highest BCUT2D eigenvalue weighted by Gasteiger charge is 2.28. The van der Waals surface area contributed by atoms with Crippen molar-refractivity contribution in [3.8, 4) is 0 Å². The van der Waals surface area contributed by atoms with Crippen LogP contribution in [0.15, 0.2) is 36.7 Å². The Hall–Kier alpha value is -3.23. The van der Waals surface area contributed by atoms with Crippen molar-refractivity contribution >= 4 is 22.8 Å². The van der Waals surface area contributed by atoms with Crippen molar-refractivity contribution in [1.82, 2.24) is 29.4 Å². The molecule has 1 atom stereocenters. The van der Waals surface area contributed by atoms with Gasteiger partial charge >= 0.3 is 0 Å². The molecule has 3 aromatic rings. The van der Waals surface area contributed by atoms with Crippen LogP contribution in [0.5, 0.6) is 0 Å². The van der Waals surface area contributed by atoms with Gasteiger partial charge in [0.25, 0.3) is 0 Å². The third-order valence-electron chi connectivity index (χ3n) is 4.82. The second-order valence-corrected chi connectivity index (χ2v) is 6.78. The summed E-state index contributed by atoms with van der Waals surface area (Å²) in [5, 5.41) is 8.71. The number of nitrogens with two attached hydrogens (primary N) is 1. The summed E-state index contributed by atoms with van der Waals surface area (Å²) in [4.78, 5) is 31.7. The van der Waals surface area contributed by atoms with E-state index in [9.17, 15) is 9.59 Å². The average molecular weight is 367 g/mol. The zero-order chi connectivity index (χ0) is 18.8. The molecule has 0 saturated carbocycles. The first-order valence-electron chi connectivity index (χ1n) is 8.97. The van der Waals surface area contributed by atoms with Gasteiger partial charge in [0.2, 0.25) is 11.8 Å². The van der Waals surface area contributed by atoms with E-state index in [1.165, 1.54) is 4.80 Å². The summed E-state index contributed by atoms with van der Waals surface area (Å²) >= 11 is 0. The van der Waals surface area contributed by atoms with Gasteiger partial charge < -0.3 is 15.2 Å². The summed E-state index contributed by atoms with van der Waals surface area (Å²) in [6.07, 6.45) is 5.22. The maximum Gasteiger partial charge on any atom is 0.246 e. The van der Waals surface area contributed by atoms with Crippen LogP contribution in [-0.4, -0.2) is 54.3 Å². The Morgan fingerprint density at radius 2 is 1.89 bits per heavy atom. The number of benzene rings is 1. The molecule has 0 bridgehead atoms. The number of hydrogen-bond acceptors (Lipinski definition) is 5. The summed E-state index contributed by atoms with van der Waals surface area (Å²) < 4.78 is 1.77. The maximum atomic E-state index is 12.7. The first-order chi connectivity index (χ1) is 13.1. The van der Waals surface area contributed by atoms with Gasteiger partial charge in [-0.15, -0.1) is 0 Å². The molecule has 1 unspecified atom stereocenters. The molecule has 4 rings (SSSR count). The van der Waals surface area contributed by atoms with Crippen LogP contribution in [0.1, 0.15) is 24.6 Å². The van der Waals surface area contributed by atoms with E-state index >= 15 is 0 Å². The van der Waals surface area contributed by atoms with Gasteiger partial charge in [-0.25, -0.2) is 4.98 Å². The van der Waals surface area contributed by atoms with Crippen molar-refractivity contribution in [1.29, 1.82) is 0 Å². The molecule has 2 aromatic heterocycles. The van der Waals surface area contributed by atoms with Crippen LogP contribution >= 0.6 is 0 Å². The van der Waals surface area contributed by atoms with Crippen LogP contribution in [-0.2, 0) is 22.7 Å². The van der Waals surface area contributed by atoms with Crippen LogP contribution in [0, 0.1) is 0 Å². The van der Waals surface area contributed by atoms with Gasteiger partial charge in [-0.3, -0.25) is 9.59 Å². The van der Waals surface area contributed by atoms with Gasteiger partial charge in [0, 0.05) is 31.4 Å². The number of likely N-dealkylation sites (tertiary alicyclic amines) is 1. The fourth-order valence-corrected chi connectivity index (χ4v) is 3.59. The highest BCUT2D eigenvalue weighted by Crippen LogP contribution is 2.26. The van der Waals surface area contributed by atoms with Crippen LogP contribution in [0.4, 0.5) is 0 Å². The molecular formula is C18H21N7O2. The summed E-state index contributed by atoms with van der Waals surface area (Å²) in [5.41, 5.74) is 6.85. The third kappa shape index (κ3) is 3.67. The highest BCUT2D eigenvalue weighted by atomic mass is 16.2. The van der Waals surface area contributed by atoms with Crippen molar-refractivity contribution in [2.75, 3.05) is 13.1 Å². The normalized spacial score (nSPS) is 17.3. The Balaban J connectivity index is 1.45. The van der Waals surface area contributed by atoms with Gasteiger partial charge in [-0.2, -0.15) is 15.0 Å². The lowest BCUT2D eigenvalue weighted by molar-refractivity contribution is -0.133. The number of carbonyl (C=O) groups is 2. The second-order valence-electron chi connectivity index (χ2n) is 6.78. The van der Waals surface area contributed by atoms with Crippen molar-refractivity contribution in [3.63, 3.8) is 0 Å². The number of nitrogens with zero attached hydrogens (tertiary/aromatic N) is 6. The molecule has 0 spiro atoms. The predicted octanol–water partition coefficient (Wildman–Crippen LogP) is 0.519. The molecule has 27 heavy (non-hydrogen) atoms. The average Bonchev–Trinajstić information content (AvgIpc) is 3.27. The fraction of sp³-hybridized carbons (Fsp3) is 0.389. The zero-order valence-electron chi connectivity index (χ0n) is 14.9. The molecule has 2 amide bonds. The van der Waals surface area contributed by atoms with E-state index in [-0.39, 0.29) is 24.9 Å². The Labute approximate surface area is 155 Å². The second kappa shape index (κ2) is 7.18. The Morgan fingerprint density at radius 1 is 1.15 bits per heavy atom. The number of rotatable bonds is 5. The third-order valence-corrected chi connectivity index (χ3v) is 4.82. The first-order valence-corrected chi connectivity index (χ1v) is 8.97. The zero-order valence-corrected chi connectivity index (χ0v) is 14.9. The number of primary amides is 1. The number of imidazole rings is 1. The molecule has 1 saturated heterocycles. The molecular weight excluding hydrogens is 346 g/mol. The molecule has 1 aliphatic rings. The van der Waals surface area contributed by atoms with E-state index in [0.717, 1.165) is 29.7 Å². The molecule has 9 nitrogen and oxygen atoms in total. The topological polar surface area (TPSA) is 112 Å². The van der Waals surface area contributed by atoms with Crippen LogP contribution < -0.4 is 5.73 Å². The molecule has 3 heterocycles. The molecule has 2 N–H and O–H groups in total. The molecule has 0 radical (unpaired) electrons. The Bertz CT molecular complexity index is 944. The first kappa shape index (κ1) is 17.2. The van der Waals surface area contributed by atoms with Crippen LogP contribution in [0.2, 0.25) is 0 Å². The van der Waals surface area contributed by atoms with Crippen LogP contribution in [0.3, 0.4) is 0 Å². The summed E-state index contributed by atoms with van der Waals surface area (Å²) in [5.74, 6) is 0.457. The minimum absolute atomic E-state index is 0.0204. The number of carbonyl (C=O) groups excluding carboxylic acids is 2. The predicted molar refractivity (Wildman–Crippen MR) is 97.5 cm³/mol. The van der Waals surface area contributed by atoms with Crippen molar-refractivity contribution in [3.05, 3.63) is 42.5 Å². The van der Waals surface area contributed by atoms with E-state index in [0.29, 0.717) is 13.1 Å². The van der Waals surface area contributed by atoms with Gasteiger partial charge in [-0.05, 0) is 25.0 Å². The largest absolute Gasteiger partial charge is 0.368 e. The summed E-state index contributed by atoms with van der Waals surface area (Å²) in [7, 11) is 0. The molecule has 0 aliphatic carbocycles. The van der Waals surface area contributed by atoms with Crippen LogP contribution in [0.25, 0.3) is 11.0 Å². The van der Waals surface area contributed by atoms with E-state index in [4.69, 9.17) is 5.73 Å². The molecule has 1 aromatic carbocycles. The van der Waals surface area contributed by atoms with Crippen molar-refractivity contribution in [2.45, 2.75) is 31.8 Å². The van der Waals surface area contributed by atoms with Crippen molar-refractivity contribution in [2.24, 2.45) is 5.73 Å². The molecule has 1 fully saturated rings. The number of hydrogen-bond donors (Lipinski definition) is 1. The molecule has 1 aliphatic heterocycles. The number of piperidine rings is 1. The maximum absolute atomic E-state index is 12.7. The number of aromatic nitrogens is 5. The molecule has 9 heteroatoms. The lowest BCUT2D eigenvalue weighted by atomic mass is 9.97. The quantitative estimate of drug-likeness (QED) is 0.706.